The molecule has 0 saturated carbocycles. The van der Waals surface area contributed by atoms with Gasteiger partial charge >= 0.3 is 6.18 Å². The number of hydrogen-bond donors (Lipinski definition) is 1. The summed E-state index contributed by atoms with van der Waals surface area (Å²) in [5.41, 5.74) is 1.16. The van der Waals surface area contributed by atoms with Crippen LogP contribution in [0.4, 0.5) is 24.8 Å². The largest absolute Gasteiger partial charge is 0.495 e. The first kappa shape index (κ1) is 23.5. The summed E-state index contributed by atoms with van der Waals surface area (Å²) in [7, 11) is 1.44. The third-order valence-corrected chi connectivity index (χ3v) is 5.79. The fraction of sp³-hybridized carbons (Fsp3) is 0.500. The average Bonchev–Trinajstić information content (AvgIpc) is 3.10. The molecule has 8 nitrogen and oxygen atoms in total. The molecule has 31 heavy (non-hydrogen) atoms. The van der Waals surface area contributed by atoms with E-state index in [1.165, 1.54) is 7.11 Å². The van der Waals surface area contributed by atoms with Crippen LogP contribution in [-0.2, 0) is 16.1 Å². The molecule has 0 unspecified atom stereocenters. The maximum Gasteiger partial charge on any atom is 0.406 e. The molecule has 1 saturated heterocycles. The first-order valence-electron chi connectivity index (χ1n) is 9.27. The molecule has 1 aliphatic heterocycles. The summed E-state index contributed by atoms with van der Waals surface area (Å²) in [5, 5.41) is 11.0. The van der Waals surface area contributed by atoms with E-state index in [-0.39, 0.29) is 16.9 Å². The monoisotopic (exact) mass is 479 g/mol. The second kappa shape index (κ2) is 9.96. The van der Waals surface area contributed by atoms with Gasteiger partial charge in [-0.2, -0.15) is 13.2 Å². The number of benzene rings is 1. The Bertz CT molecular complexity index is 935. The summed E-state index contributed by atoms with van der Waals surface area (Å²) >= 11 is 6.93. The van der Waals surface area contributed by atoms with Gasteiger partial charge in [0.1, 0.15) is 12.3 Å². The predicted octanol–water partition coefficient (Wildman–Crippen LogP) is 3.38. The quantitative estimate of drug-likeness (QED) is 0.610. The summed E-state index contributed by atoms with van der Waals surface area (Å²) in [5.74, 6) is -0.106. The lowest BCUT2D eigenvalue weighted by Crippen LogP contribution is -2.38. The molecule has 1 amide bonds. The maximum absolute atomic E-state index is 13.2. The molecular weight excluding hydrogens is 459 g/mol. The van der Waals surface area contributed by atoms with Gasteiger partial charge in [0.25, 0.3) is 0 Å². The normalized spacial score (nSPS) is 14.6. The lowest BCUT2D eigenvalue weighted by molar-refractivity contribution is -0.141. The smallest absolute Gasteiger partial charge is 0.406 e. The van der Waals surface area contributed by atoms with Gasteiger partial charge < -0.3 is 19.7 Å². The fourth-order valence-corrected chi connectivity index (χ4v) is 3.84. The van der Waals surface area contributed by atoms with Crippen molar-refractivity contribution in [3.05, 3.63) is 22.7 Å². The third kappa shape index (κ3) is 6.17. The molecule has 0 bridgehead atoms. The molecule has 13 heteroatoms. The number of hydrogen-bond acceptors (Lipinski definition) is 7. The van der Waals surface area contributed by atoms with Crippen molar-refractivity contribution in [3.8, 4) is 5.75 Å². The molecule has 1 aliphatic rings. The van der Waals surface area contributed by atoms with E-state index in [9.17, 15) is 18.0 Å². The molecule has 0 atom stereocenters. The minimum absolute atomic E-state index is 0.00761. The molecule has 1 N–H and O–H groups in total. The Kier molecular flexibility index (Phi) is 7.55. The number of nitrogens with zero attached hydrogens (tertiary/aromatic N) is 4. The number of rotatable bonds is 7. The number of aryl methyl sites for hydroxylation is 1. The molecule has 3 rings (SSSR count). The molecule has 0 aliphatic carbocycles. The van der Waals surface area contributed by atoms with Crippen LogP contribution in [0.5, 0.6) is 5.75 Å². The molecule has 2 heterocycles. The zero-order valence-electron chi connectivity index (χ0n) is 16.8. The Morgan fingerprint density at radius 3 is 2.68 bits per heavy atom. The van der Waals surface area contributed by atoms with Crippen LogP contribution in [0.3, 0.4) is 0 Å². The highest BCUT2D eigenvalue weighted by atomic mass is 35.5. The second-order valence-corrected chi connectivity index (χ2v) is 8.07. The molecule has 1 fully saturated rings. The Balaban J connectivity index is 1.73. The van der Waals surface area contributed by atoms with Crippen LogP contribution in [0.15, 0.2) is 17.3 Å². The van der Waals surface area contributed by atoms with Gasteiger partial charge in [0.05, 0.1) is 31.8 Å². The standard InChI is InChI=1S/C18H21ClF3N5O3S/c1-11-7-13(14(29-2)8-12(11)19)23-15(28)9-31-17-25-24-16(26-3-5-30-6-4-26)27(17)10-18(20,21)22/h7-8H,3-6,9-10H2,1-2H3,(H,23,28). The predicted molar refractivity (Wildman–Crippen MR) is 111 cm³/mol. The van der Waals surface area contributed by atoms with E-state index < -0.39 is 18.6 Å². The maximum atomic E-state index is 13.2. The molecule has 170 valence electrons. The van der Waals surface area contributed by atoms with Gasteiger partial charge in [-0.3, -0.25) is 9.36 Å². The number of aromatic nitrogens is 3. The van der Waals surface area contributed by atoms with E-state index in [0.29, 0.717) is 42.8 Å². The van der Waals surface area contributed by atoms with Gasteiger partial charge in [0.2, 0.25) is 11.9 Å². The van der Waals surface area contributed by atoms with Gasteiger partial charge in [-0.1, -0.05) is 23.4 Å². The Hall–Kier alpha value is -2.18. The number of ether oxygens (including phenoxy) is 2. The number of methoxy groups -OCH3 is 1. The van der Waals surface area contributed by atoms with Gasteiger partial charge in [0, 0.05) is 24.2 Å². The van der Waals surface area contributed by atoms with E-state index in [1.54, 1.807) is 24.0 Å². The number of morpholine rings is 1. The van der Waals surface area contributed by atoms with Gasteiger partial charge in [-0.25, -0.2) is 0 Å². The number of carbonyl (C=O) groups excluding carboxylic acids is 1. The molecule has 0 spiro atoms. The van der Waals surface area contributed by atoms with Crippen LogP contribution in [0.2, 0.25) is 5.02 Å². The highest BCUT2D eigenvalue weighted by Crippen LogP contribution is 2.32. The number of amides is 1. The number of thioether (sulfide) groups is 1. The number of halogens is 4. The SMILES string of the molecule is COc1cc(Cl)c(C)cc1NC(=O)CSc1nnc(N2CCOCC2)n1CC(F)(F)F. The zero-order chi connectivity index (χ0) is 22.6. The van der Waals surface area contributed by atoms with Crippen molar-refractivity contribution in [3.63, 3.8) is 0 Å². The van der Waals surface area contributed by atoms with Crippen molar-refractivity contribution >= 4 is 40.9 Å². The lowest BCUT2D eigenvalue weighted by atomic mass is 10.2. The summed E-state index contributed by atoms with van der Waals surface area (Å²) in [6.45, 7) is 2.14. The van der Waals surface area contributed by atoms with Crippen molar-refractivity contribution in [2.24, 2.45) is 0 Å². The zero-order valence-corrected chi connectivity index (χ0v) is 18.4. The fourth-order valence-electron chi connectivity index (χ4n) is 2.95. The van der Waals surface area contributed by atoms with Crippen LogP contribution in [0, 0.1) is 6.92 Å². The molecule has 2 aromatic rings. The second-order valence-electron chi connectivity index (χ2n) is 6.72. The van der Waals surface area contributed by atoms with E-state index in [1.807, 2.05) is 0 Å². The topological polar surface area (TPSA) is 81.5 Å². The highest BCUT2D eigenvalue weighted by molar-refractivity contribution is 7.99. The Morgan fingerprint density at radius 2 is 2.03 bits per heavy atom. The van der Waals surface area contributed by atoms with E-state index >= 15 is 0 Å². The third-order valence-electron chi connectivity index (χ3n) is 4.42. The summed E-state index contributed by atoms with van der Waals surface area (Å²) < 4.78 is 50.9. The minimum Gasteiger partial charge on any atom is -0.495 e. The van der Waals surface area contributed by atoms with Gasteiger partial charge in [-0.05, 0) is 18.6 Å². The summed E-state index contributed by atoms with van der Waals surface area (Å²) in [4.78, 5) is 14.1. The summed E-state index contributed by atoms with van der Waals surface area (Å²) in [6.07, 6.45) is -4.46. The summed E-state index contributed by atoms with van der Waals surface area (Å²) in [6, 6.07) is 3.24. The van der Waals surface area contributed by atoms with Crippen LogP contribution in [0.1, 0.15) is 5.56 Å². The highest BCUT2D eigenvalue weighted by Gasteiger charge is 2.33. The van der Waals surface area contributed by atoms with Crippen LogP contribution in [-0.4, -0.2) is 66.0 Å². The minimum atomic E-state index is -4.46. The van der Waals surface area contributed by atoms with Crippen LogP contribution >= 0.6 is 23.4 Å². The molecule has 1 aromatic carbocycles. The van der Waals surface area contributed by atoms with E-state index in [0.717, 1.165) is 21.9 Å². The number of anilines is 2. The molecular formula is C18H21ClF3N5O3S. The first-order valence-corrected chi connectivity index (χ1v) is 10.6. The van der Waals surface area contributed by atoms with E-state index in [4.69, 9.17) is 21.1 Å². The van der Waals surface area contributed by atoms with Crippen LogP contribution < -0.4 is 15.0 Å². The van der Waals surface area contributed by atoms with Crippen molar-refractivity contribution in [1.29, 1.82) is 0 Å². The van der Waals surface area contributed by atoms with Gasteiger partial charge in [-0.15, -0.1) is 10.2 Å². The van der Waals surface area contributed by atoms with Crippen molar-refractivity contribution < 1.29 is 27.4 Å². The van der Waals surface area contributed by atoms with E-state index in [2.05, 4.69) is 15.5 Å². The first-order chi connectivity index (χ1) is 14.7. The van der Waals surface area contributed by atoms with Gasteiger partial charge in [0.15, 0.2) is 5.16 Å². The average molecular weight is 480 g/mol. The van der Waals surface area contributed by atoms with Crippen molar-refractivity contribution in [2.45, 2.75) is 24.8 Å². The lowest BCUT2D eigenvalue weighted by Gasteiger charge is -2.28. The number of nitrogens with one attached hydrogen (secondary N) is 1. The van der Waals surface area contributed by atoms with Crippen molar-refractivity contribution in [1.82, 2.24) is 14.8 Å². The Morgan fingerprint density at radius 1 is 1.32 bits per heavy atom. The van der Waals surface area contributed by atoms with Crippen LogP contribution in [0.25, 0.3) is 0 Å². The van der Waals surface area contributed by atoms with Crippen molar-refractivity contribution in [2.75, 3.05) is 49.4 Å². The number of carbonyl (C=O) groups is 1. The molecule has 1 aromatic heterocycles. The molecule has 0 radical (unpaired) electrons. The Labute approximate surface area is 186 Å². The number of alkyl halides is 3.